The van der Waals surface area contributed by atoms with Crippen LogP contribution < -0.4 is 20.9 Å². The summed E-state index contributed by atoms with van der Waals surface area (Å²) >= 11 is 1.32. The molecular formula is C24H27N5O5S. The number of amides is 5. The van der Waals surface area contributed by atoms with Gasteiger partial charge in [0.05, 0.1) is 24.6 Å². The number of hydrogen-bond acceptors (Lipinski definition) is 7. The molecule has 1 aromatic heterocycles. The lowest BCUT2D eigenvalue weighted by Gasteiger charge is -2.30. The van der Waals surface area contributed by atoms with Crippen LogP contribution in [0.1, 0.15) is 38.5 Å². The van der Waals surface area contributed by atoms with Crippen molar-refractivity contribution >= 4 is 46.5 Å². The van der Waals surface area contributed by atoms with E-state index in [2.05, 4.69) is 20.9 Å². The predicted molar refractivity (Wildman–Crippen MR) is 130 cm³/mol. The number of nitrogens with zero attached hydrogens (tertiary/aromatic N) is 2. The fourth-order valence-corrected chi connectivity index (χ4v) is 5.79. The molecule has 3 N–H and O–H groups in total. The fourth-order valence-electron chi connectivity index (χ4n) is 4.72. The van der Waals surface area contributed by atoms with Crippen molar-refractivity contribution in [2.24, 2.45) is 0 Å². The molecule has 3 aliphatic heterocycles. The van der Waals surface area contributed by atoms with Crippen LogP contribution in [0.2, 0.25) is 0 Å². The average Bonchev–Trinajstić information content (AvgIpc) is 3.37. The number of thiophene rings is 1. The first-order valence-electron chi connectivity index (χ1n) is 11.6. The van der Waals surface area contributed by atoms with E-state index < -0.39 is 11.9 Å². The Kier molecular flexibility index (Phi) is 6.44. The maximum atomic E-state index is 12.9. The van der Waals surface area contributed by atoms with Crippen LogP contribution in [-0.4, -0.2) is 61.0 Å². The van der Waals surface area contributed by atoms with Crippen molar-refractivity contribution in [2.45, 2.75) is 38.9 Å². The van der Waals surface area contributed by atoms with Gasteiger partial charge in [-0.25, -0.2) is 4.79 Å². The molecule has 2 fully saturated rings. The number of anilines is 2. The van der Waals surface area contributed by atoms with Gasteiger partial charge in [0.2, 0.25) is 11.8 Å². The molecule has 184 valence electrons. The Labute approximate surface area is 206 Å². The summed E-state index contributed by atoms with van der Waals surface area (Å²) in [5, 5.41) is 8.01. The Balaban J connectivity index is 1.15. The molecule has 5 amide bonds. The summed E-state index contributed by atoms with van der Waals surface area (Å²) < 4.78 is 5.41. The van der Waals surface area contributed by atoms with Crippen molar-refractivity contribution in [3.63, 3.8) is 0 Å². The number of nitrogens with one attached hydrogen (secondary N) is 3. The van der Waals surface area contributed by atoms with E-state index in [0.29, 0.717) is 43.3 Å². The maximum absolute atomic E-state index is 12.9. The van der Waals surface area contributed by atoms with Gasteiger partial charge < -0.3 is 25.2 Å². The van der Waals surface area contributed by atoms with Crippen LogP contribution in [0.25, 0.3) is 0 Å². The Morgan fingerprint density at radius 1 is 1.20 bits per heavy atom. The van der Waals surface area contributed by atoms with Crippen LogP contribution in [-0.2, 0) is 27.4 Å². The fraction of sp³-hybridized carbons (Fsp3) is 0.417. The zero-order valence-electron chi connectivity index (χ0n) is 19.4. The topological polar surface area (TPSA) is 120 Å². The second-order valence-electron chi connectivity index (χ2n) is 8.88. The third-order valence-corrected chi connectivity index (χ3v) is 7.64. The Morgan fingerprint density at radius 3 is 2.71 bits per heavy atom. The highest BCUT2D eigenvalue weighted by atomic mass is 32.1. The summed E-state index contributed by atoms with van der Waals surface area (Å²) in [6, 6.07) is 6.80. The third-order valence-electron chi connectivity index (χ3n) is 6.47. The molecule has 0 radical (unpaired) electrons. The van der Waals surface area contributed by atoms with Crippen molar-refractivity contribution in [1.29, 1.82) is 0 Å². The zero-order chi connectivity index (χ0) is 24.5. The molecule has 1 atom stereocenters. The number of carbonyl (C=O) groups is 4. The van der Waals surface area contributed by atoms with Crippen LogP contribution in [0, 0.1) is 6.92 Å². The van der Waals surface area contributed by atoms with E-state index in [0.717, 1.165) is 34.8 Å². The molecule has 0 bridgehead atoms. The minimum absolute atomic E-state index is 0.203. The quantitative estimate of drug-likeness (QED) is 0.544. The number of urea groups is 1. The molecule has 0 saturated carbocycles. The second kappa shape index (κ2) is 9.67. The first-order chi connectivity index (χ1) is 16.9. The molecule has 3 aliphatic rings. The van der Waals surface area contributed by atoms with Gasteiger partial charge in [-0.05, 0) is 48.7 Å². The minimum Gasteiger partial charge on any atom is -0.378 e. The Bertz CT molecular complexity index is 1190. The second-order valence-corrected chi connectivity index (χ2v) is 10.0. The highest BCUT2D eigenvalue weighted by Crippen LogP contribution is 2.33. The first-order valence-corrected chi connectivity index (χ1v) is 12.4. The van der Waals surface area contributed by atoms with E-state index in [1.165, 1.54) is 16.2 Å². The van der Waals surface area contributed by atoms with E-state index in [4.69, 9.17) is 4.74 Å². The zero-order valence-corrected chi connectivity index (χ0v) is 20.2. The lowest BCUT2D eigenvalue weighted by Crippen LogP contribution is -2.52. The molecular weight excluding hydrogens is 470 g/mol. The van der Waals surface area contributed by atoms with E-state index in [9.17, 15) is 19.2 Å². The van der Waals surface area contributed by atoms with Crippen molar-refractivity contribution in [3.8, 4) is 0 Å². The normalized spacial score (nSPS) is 20.0. The smallest absolute Gasteiger partial charge is 0.319 e. The summed E-state index contributed by atoms with van der Waals surface area (Å²) in [7, 11) is 0. The number of hydrogen-bond donors (Lipinski definition) is 3. The van der Waals surface area contributed by atoms with Crippen molar-refractivity contribution in [3.05, 3.63) is 45.1 Å². The van der Waals surface area contributed by atoms with Crippen LogP contribution in [0.15, 0.2) is 24.3 Å². The lowest BCUT2D eigenvalue weighted by atomic mass is 10.0. The highest BCUT2D eigenvalue weighted by molar-refractivity contribution is 7.14. The summed E-state index contributed by atoms with van der Waals surface area (Å²) in [4.78, 5) is 54.1. The van der Waals surface area contributed by atoms with E-state index in [1.54, 1.807) is 0 Å². The molecule has 0 spiro atoms. The first kappa shape index (κ1) is 23.3. The number of benzene rings is 1. The van der Waals surface area contributed by atoms with E-state index >= 15 is 0 Å². The summed E-state index contributed by atoms with van der Waals surface area (Å²) in [5.41, 5.74) is 3.78. The molecule has 5 rings (SSSR count). The number of imide groups is 1. The van der Waals surface area contributed by atoms with Crippen LogP contribution in [0.4, 0.5) is 16.2 Å². The number of fused-ring (bicyclic) bond motifs is 1. The van der Waals surface area contributed by atoms with Crippen LogP contribution in [0.5, 0.6) is 0 Å². The van der Waals surface area contributed by atoms with Gasteiger partial charge in [-0.15, -0.1) is 11.3 Å². The Hall–Kier alpha value is -3.44. The van der Waals surface area contributed by atoms with Crippen molar-refractivity contribution in [2.75, 3.05) is 36.5 Å². The number of ether oxygens (including phenoxy) is 1. The summed E-state index contributed by atoms with van der Waals surface area (Å²) in [6.07, 6.45) is 0.570. The van der Waals surface area contributed by atoms with Crippen LogP contribution in [0.3, 0.4) is 0 Å². The number of piperidine rings is 1. The molecule has 10 nitrogen and oxygen atoms in total. The molecule has 35 heavy (non-hydrogen) atoms. The van der Waals surface area contributed by atoms with Gasteiger partial charge in [0.15, 0.2) is 0 Å². The molecule has 4 heterocycles. The summed E-state index contributed by atoms with van der Waals surface area (Å²) in [5.74, 6) is -0.926. The standard InChI is InChI=1S/C24H27N5O5S/c1-14-10-16(2-3-18(14)28-6-8-34-9-7-28)26-24(33)25-12-17-11-15-13-29(23(32)21(15)35-17)19-4-5-20(30)27-22(19)31/h2-3,10-11,19H,4-9,12-13H2,1H3,(H2,25,26,33)(H,27,30,31). The number of carbonyl (C=O) groups excluding carboxylic acids is 4. The Morgan fingerprint density at radius 2 is 2.00 bits per heavy atom. The molecule has 0 aliphatic carbocycles. The van der Waals surface area contributed by atoms with E-state index in [1.807, 2.05) is 31.2 Å². The molecule has 2 saturated heterocycles. The van der Waals surface area contributed by atoms with Crippen molar-refractivity contribution in [1.82, 2.24) is 15.5 Å². The monoisotopic (exact) mass is 497 g/mol. The van der Waals surface area contributed by atoms with Crippen molar-refractivity contribution < 1.29 is 23.9 Å². The van der Waals surface area contributed by atoms with Gasteiger partial charge in [0.1, 0.15) is 6.04 Å². The molecule has 1 unspecified atom stereocenters. The highest BCUT2D eigenvalue weighted by Gasteiger charge is 2.40. The van der Waals surface area contributed by atoms with Gasteiger partial charge in [0.25, 0.3) is 5.91 Å². The molecule has 11 heteroatoms. The number of aryl methyl sites for hydroxylation is 1. The minimum atomic E-state index is -0.620. The van der Waals surface area contributed by atoms with Crippen LogP contribution >= 0.6 is 11.3 Å². The number of morpholine rings is 1. The maximum Gasteiger partial charge on any atom is 0.319 e. The van der Waals surface area contributed by atoms with Gasteiger partial charge >= 0.3 is 6.03 Å². The largest absolute Gasteiger partial charge is 0.378 e. The van der Waals surface area contributed by atoms with Gasteiger partial charge in [-0.1, -0.05) is 0 Å². The van der Waals surface area contributed by atoms with Gasteiger partial charge in [-0.2, -0.15) is 0 Å². The SMILES string of the molecule is Cc1cc(NC(=O)NCc2cc3c(s2)C(=O)N(C2CCC(=O)NC2=O)C3)ccc1N1CCOCC1. The van der Waals surface area contributed by atoms with E-state index in [-0.39, 0.29) is 24.3 Å². The molecule has 1 aromatic carbocycles. The lowest BCUT2D eigenvalue weighted by molar-refractivity contribution is -0.136. The van der Waals surface area contributed by atoms with Gasteiger partial charge in [-0.3, -0.25) is 19.7 Å². The average molecular weight is 498 g/mol. The predicted octanol–water partition coefficient (Wildman–Crippen LogP) is 1.98. The number of rotatable bonds is 5. The third kappa shape index (κ3) is 4.87. The summed E-state index contributed by atoms with van der Waals surface area (Å²) in [6.45, 7) is 5.79. The van der Waals surface area contributed by atoms with Gasteiger partial charge in [0, 0.05) is 42.3 Å². The molecule has 2 aromatic rings.